The van der Waals surface area contributed by atoms with Crippen LogP contribution in [0, 0.1) is 6.61 Å². The minimum Gasteiger partial charge on any atom is -0.376 e. The van der Waals surface area contributed by atoms with Crippen molar-refractivity contribution in [1.82, 2.24) is 0 Å². The van der Waals surface area contributed by atoms with Gasteiger partial charge < -0.3 is 4.74 Å². The highest BCUT2D eigenvalue weighted by molar-refractivity contribution is 4.54. The van der Waals surface area contributed by atoms with Crippen molar-refractivity contribution in [2.45, 2.75) is 123 Å². The zero-order valence-corrected chi connectivity index (χ0v) is 15.7. The van der Waals surface area contributed by atoms with Crippen LogP contribution in [0.5, 0.6) is 0 Å². The minimum absolute atomic E-state index is 0.936. The van der Waals surface area contributed by atoms with Crippen LogP contribution in [-0.4, -0.2) is 6.61 Å². The predicted octanol–water partition coefficient (Wildman–Crippen LogP) is 7.84. The van der Waals surface area contributed by atoms with E-state index in [1.807, 2.05) is 0 Å². The molecule has 0 heterocycles. The van der Waals surface area contributed by atoms with Gasteiger partial charge in [0.1, 0.15) is 0 Å². The molecule has 0 aliphatic carbocycles. The third kappa shape index (κ3) is 20.0. The number of unbranched alkanes of at least 4 members (excludes halogenated alkanes) is 15. The first kappa shape index (κ1) is 22.0. The van der Waals surface area contributed by atoms with E-state index < -0.39 is 0 Å². The van der Waals surface area contributed by atoms with Crippen molar-refractivity contribution in [3.05, 3.63) is 6.61 Å². The molecule has 0 unspecified atom stereocenters. The van der Waals surface area contributed by atoms with Crippen molar-refractivity contribution < 1.29 is 4.74 Å². The standard InChI is InChI=1S/C21H43O/c1-3-5-7-9-11-12-13-15-17-19-21-22-20-18-16-14-10-8-6-4-2/h21H,3-20H2,1-2H3. The maximum absolute atomic E-state index is 5.61. The van der Waals surface area contributed by atoms with Gasteiger partial charge in [0.2, 0.25) is 0 Å². The predicted molar refractivity (Wildman–Crippen MR) is 100 cm³/mol. The molecule has 0 fully saturated rings. The highest BCUT2D eigenvalue weighted by Crippen LogP contribution is 2.11. The molecule has 0 saturated heterocycles. The Labute approximate surface area is 141 Å². The van der Waals surface area contributed by atoms with E-state index in [1.165, 1.54) is 103 Å². The first-order valence-electron chi connectivity index (χ1n) is 10.3. The highest BCUT2D eigenvalue weighted by atomic mass is 16.5. The monoisotopic (exact) mass is 311 g/mol. The normalized spacial score (nSPS) is 11.2. The Morgan fingerprint density at radius 3 is 1.41 bits per heavy atom. The molecule has 0 N–H and O–H groups in total. The summed E-state index contributed by atoms with van der Waals surface area (Å²) in [6.45, 7) is 7.55. The molecule has 0 amide bonds. The van der Waals surface area contributed by atoms with Gasteiger partial charge in [-0.05, 0) is 12.8 Å². The van der Waals surface area contributed by atoms with E-state index in [9.17, 15) is 0 Å². The van der Waals surface area contributed by atoms with Crippen LogP contribution >= 0.6 is 0 Å². The molecule has 1 heteroatoms. The number of hydrogen-bond acceptors (Lipinski definition) is 1. The fraction of sp³-hybridized carbons (Fsp3) is 0.952. The lowest BCUT2D eigenvalue weighted by Gasteiger charge is -2.04. The maximum atomic E-state index is 5.61. The lowest BCUT2D eigenvalue weighted by atomic mass is 10.1. The fourth-order valence-corrected chi connectivity index (χ4v) is 2.85. The Balaban J connectivity index is 2.91. The summed E-state index contributed by atoms with van der Waals surface area (Å²) in [6.07, 6.45) is 23.3. The van der Waals surface area contributed by atoms with Crippen molar-refractivity contribution in [1.29, 1.82) is 0 Å². The van der Waals surface area contributed by atoms with Gasteiger partial charge in [-0.15, -0.1) is 0 Å². The molecule has 0 saturated carbocycles. The van der Waals surface area contributed by atoms with E-state index in [1.54, 1.807) is 0 Å². The third-order valence-corrected chi connectivity index (χ3v) is 4.41. The maximum Gasteiger partial charge on any atom is 0.0836 e. The average molecular weight is 312 g/mol. The van der Waals surface area contributed by atoms with Crippen LogP contribution in [0.15, 0.2) is 0 Å². The molecule has 0 bridgehead atoms. The Bertz CT molecular complexity index is 159. The molecular formula is C21H43O. The van der Waals surface area contributed by atoms with Gasteiger partial charge in [0.25, 0.3) is 0 Å². The van der Waals surface area contributed by atoms with Crippen LogP contribution in [0.2, 0.25) is 0 Å². The van der Waals surface area contributed by atoms with Crippen molar-refractivity contribution in [3.63, 3.8) is 0 Å². The van der Waals surface area contributed by atoms with Crippen molar-refractivity contribution >= 4 is 0 Å². The number of hydrogen-bond donors (Lipinski definition) is 0. The summed E-state index contributed by atoms with van der Waals surface area (Å²) < 4.78 is 5.61. The van der Waals surface area contributed by atoms with Gasteiger partial charge in [0.05, 0.1) is 6.61 Å². The largest absolute Gasteiger partial charge is 0.376 e. The lowest BCUT2D eigenvalue weighted by Crippen LogP contribution is -1.92. The summed E-state index contributed by atoms with van der Waals surface area (Å²) >= 11 is 0. The van der Waals surface area contributed by atoms with E-state index >= 15 is 0 Å². The second-order valence-corrected chi connectivity index (χ2v) is 6.78. The van der Waals surface area contributed by atoms with Crippen LogP contribution in [0.1, 0.15) is 123 Å². The highest BCUT2D eigenvalue weighted by Gasteiger charge is 1.95. The van der Waals surface area contributed by atoms with E-state index in [2.05, 4.69) is 20.5 Å². The molecule has 0 aliphatic heterocycles. The van der Waals surface area contributed by atoms with Gasteiger partial charge in [-0.25, -0.2) is 0 Å². The Morgan fingerprint density at radius 2 is 0.909 bits per heavy atom. The van der Waals surface area contributed by atoms with Crippen LogP contribution in [0.3, 0.4) is 0 Å². The molecule has 0 aromatic rings. The molecule has 1 radical (unpaired) electrons. The summed E-state index contributed by atoms with van der Waals surface area (Å²) in [7, 11) is 0. The molecule has 22 heavy (non-hydrogen) atoms. The molecule has 133 valence electrons. The van der Waals surface area contributed by atoms with Crippen LogP contribution in [-0.2, 0) is 4.74 Å². The summed E-state index contributed by atoms with van der Waals surface area (Å²) in [5.41, 5.74) is 0. The van der Waals surface area contributed by atoms with Gasteiger partial charge in [-0.3, -0.25) is 0 Å². The second kappa shape index (κ2) is 21.0. The van der Waals surface area contributed by atoms with Gasteiger partial charge in [0.15, 0.2) is 0 Å². The average Bonchev–Trinajstić information content (AvgIpc) is 2.54. The van der Waals surface area contributed by atoms with Gasteiger partial charge in [-0.2, -0.15) is 0 Å². The molecular weight excluding hydrogens is 268 g/mol. The molecule has 0 aromatic carbocycles. The lowest BCUT2D eigenvalue weighted by molar-refractivity contribution is 0.183. The van der Waals surface area contributed by atoms with Gasteiger partial charge in [0, 0.05) is 6.61 Å². The second-order valence-electron chi connectivity index (χ2n) is 6.78. The fourth-order valence-electron chi connectivity index (χ4n) is 2.85. The summed E-state index contributed by atoms with van der Waals surface area (Å²) in [5, 5.41) is 0. The number of ether oxygens (including phenoxy) is 1. The van der Waals surface area contributed by atoms with E-state index in [4.69, 9.17) is 4.74 Å². The Hall–Kier alpha value is -0.0400. The van der Waals surface area contributed by atoms with E-state index in [0.29, 0.717) is 0 Å². The molecule has 0 aliphatic rings. The quantitative estimate of drug-likeness (QED) is 0.221. The molecule has 1 nitrogen and oxygen atoms in total. The van der Waals surface area contributed by atoms with Crippen LogP contribution in [0.25, 0.3) is 0 Å². The Morgan fingerprint density at radius 1 is 0.500 bits per heavy atom. The SMILES string of the molecule is CCCCCCCCCCC[CH]OCCCCCCCCC. The molecule has 0 spiro atoms. The topological polar surface area (TPSA) is 9.23 Å². The summed E-state index contributed by atoms with van der Waals surface area (Å²) in [5.74, 6) is 0. The van der Waals surface area contributed by atoms with Crippen LogP contribution in [0.4, 0.5) is 0 Å². The first-order valence-corrected chi connectivity index (χ1v) is 10.3. The molecule has 0 aromatic heterocycles. The van der Waals surface area contributed by atoms with Crippen molar-refractivity contribution in [2.75, 3.05) is 6.61 Å². The Kier molecular flexibility index (Phi) is 20.9. The van der Waals surface area contributed by atoms with Crippen molar-refractivity contribution in [3.8, 4) is 0 Å². The zero-order chi connectivity index (χ0) is 16.1. The summed E-state index contributed by atoms with van der Waals surface area (Å²) in [4.78, 5) is 0. The minimum atomic E-state index is 0.936. The zero-order valence-electron chi connectivity index (χ0n) is 15.7. The smallest absolute Gasteiger partial charge is 0.0836 e. The van der Waals surface area contributed by atoms with Crippen LogP contribution < -0.4 is 0 Å². The molecule has 0 rings (SSSR count). The van der Waals surface area contributed by atoms with Crippen molar-refractivity contribution in [2.24, 2.45) is 0 Å². The van der Waals surface area contributed by atoms with Gasteiger partial charge in [-0.1, -0.05) is 110 Å². The van der Waals surface area contributed by atoms with E-state index in [-0.39, 0.29) is 0 Å². The first-order chi connectivity index (χ1) is 10.9. The molecule has 0 atom stereocenters. The third-order valence-electron chi connectivity index (χ3n) is 4.41. The van der Waals surface area contributed by atoms with E-state index in [0.717, 1.165) is 13.0 Å². The summed E-state index contributed by atoms with van der Waals surface area (Å²) in [6, 6.07) is 0. The number of rotatable bonds is 19. The van der Waals surface area contributed by atoms with Gasteiger partial charge >= 0.3 is 0 Å².